The van der Waals surface area contributed by atoms with Crippen molar-refractivity contribution in [3.8, 4) is 0 Å². The van der Waals surface area contributed by atoms with Gasteiger partial charge in [-0.05, 0) is 58.3 Å². The summed E-state index contributed by atoms with van der Waals surface area (Å²) in [5.41, 5.74) is -1.51. The molecule has 5 unspecified atom stereocenters. The molecule has 5 nitrogen and oxygen atoms in total. The SMILES string of the molecule is CCC(C)(O)C1CCCCC1OC(=O)OC(CC)(CC)C1CCCCC1O. The quantitative estimate of drug-likeness (QED) is 0.606. The maximum absolute atomic E-state index is 12.7. The highest BCUT2D eigenvalue weighted by molar-refractivity contribution is 5.61. The average Bonchev–Trinajstić information content (AvgIpc) is 2.67. The lowest BCUT2D eigenvalue weighted by Gasteiger charge is -2.44. The molecule has 0 amide bonds. The van der Waals surface area contributed by atoms with Gasteiger partial charge in [-0.1, -0.05) is 40.0 Å². The van der Waals surface area contributed by atoms with Gasteiger partial charge in [-0.3, -0.25) is 0 Å². The third-order valence-corrected chi connectivity index (χ3v) is 7.35. The highest BCUT2D eigenvalue weighted by atomic mass is 16.7. The Morgan fingerprint density at radius 3 is 2.04 bits per heavy atom. The molecule has 5 heteroatoms. The van der Waals surface area contributed by atoms with Gasteiger partial charge in [0.2, 0.25) is 0 Å². The summed E-state index contributed by atoms with van der Waals surface area (Å²) in [5, 5.41) is 21.2. The summed E-state index contributed by atoms with van der Waals surface area (Å²) in [6, 6.07) is 0. The fraction of sp³-hybridized carbons (Fsp3) is 0.955. The minimum atomic E-state index is -0.836. The lowest BCUT2D eigenvalue weighted by Crippen LogP contribution is -2.50. The second kappa shape index (κ2) is 9.60. The number of hydrogen-bond donors (Lipinski definition) is 2. The number of carbonyl (C=O) groups excluding carboxylic acids is 1. The van der Waals surface area contributed by atoms with E-state index in [9.17, 15) is 15.0 Å². The summed E-state index contributed by atoms with van der Waals surface area (Å²) in [6.07, 6.45) is 8.05. The zero-order valence-electron chi connectivity index (χ0n) is 17.7. The Hall–Kier alpha value is -0.810. The highest BCUT2D eigenvalue weighted by Gasteiger charge is 2.46. The number of aliphatic hydroxyl groups is 2. The first-order valence-electron chi connectivity index (χ1n) is 11.1. The smallest absolute Gasteiger partial charge is 0.431 e. The van der Waals surface area contributed by atoms with E-state index < -0.39 is 23.5 Å². The van der Waals surface area contributed by atoms with Gasteiger partial charge in [0, 0.05) is 11.8 Å². The van der Waals surface area contributed by atoms with Gasteiger partial charge in [-0.15, -0.1) is 0 Å². The highest BCUT2D eigenvalue weighted by Crippen LogP contribution is 2.41. The van der Waals surface area contributed by atoms with Crippen molar-refractivity contribution in [1.82, 2.24) is 0 Å². The second-order valence-electron chi connectivity index (χ2n) is 8.84. The molecule has 2 saturated carbocycles. The van der Waals surface area contributed by atoms with Gasteiger partial charge < -0.3 is 19.7 Å². The number of rotatable bonds is 7. The minimum Gasteiger partial charge on any atom is -0.431 e. The van der Waals surface area contributed by atoms with Gasteiger partial charge in [0.1, 0.15) is 11.7 Å². The third-order valence-electron chi connectivity index (χ3n) is 7.35. The zero-order chi connectivity index (χ0) is 20.1. The minimum absolute atomic E-state index is 0.0327. The summed E-state index contributed by atoms with van der Waals surface area (Å²) in [5.74, 6) is -0.0866. The van der Waals surface area contributed by atoms with E-state index in [4.69, 9.17) is 9.47 Å². The standard InChI is InChI=1S/C22H40O5/c1-5-21(4,25)17-13-9-11-15-19(17)26-20(24)27-22(6-2,7-3)16-12-8-10-14-18(16)23/h16-19,23,25H,5-15H2,1-4H3. The lowest BCUT2D eigenvalue weighted by molar-refractivity contribution is -0.139. The maximum atomic E-state index is 12.7. The van der Waals surface area contributed by atoms with E-state index in [2.05, 4.69) is 0 Å². The van der Waals surface area contributed by atoms with E-state index in [-0.39, 0.29) is 17.9 Å². The molecule has 0 saturated heterocycles. The van der Waals surface area contributed by atoms with Gasteiger partial charge in [0.25, 0.3) is 0 Å². The normalized spacial score (nSPS) is 31.8. The second-order valence-corrected chi connectivity index (χ2v) is 8.84. The van der Waals surface area contributed by atoms with Gasteiger partial charge in [-0.25, -0.2) is 4.79 Å². The number of hydrogen-bond acceptors (Lipinski definition) is 5. The molecule has 0 aliphatic heterocycles. The van der Waals surface area contributed by atoms with Crippen molar-refractivity contribution >= 4 is 6.16 Å². The molecule has 0 bridgehead atoms. The predicted molar refractivity (Wildman–Crippen MR) is 106 cm³/mol. The van der Waals surface area contributed by atoms with E-state index in [0.717, 1.165) is 51.4 Å². The van der Waals surface area contributed by atoms with E-state index in [0.29, 0.717) is 19.3 Å². The van der Waals surface area contributed by atoms with Crippen molar-refractivity contribution in [2.45, 2.75) is 122 Å². The molecule has 0 aromatic carbocycles. The molecule has 27 heavy (non-hydrogen) atoms. The van der Waals surface area contributed by atoms with Crippen molar-refractivity contribution in [2.75, 3.05) is 0 Å². The molecule has 2 rings (SSSR count). The summed E-state index contributed by atoms with van der Waals surface area (Å²) < 4.78 is 11.7. The first-order chi connectivity index (χ1) is 12.8. The lowest BCUT2D eigenvalue weighted by atomic mass is 9.72. The van der Waals surface area contributed by atoms with Gasteiger partial charge in [0.05, 0.1) is 11.7 Å². The average molecular weight is 385 g/mol. The Bertz CT molecular complexity index is 471. The predicted octanol–water partition coefficient (Wildman–Crippen LogP) is 4.97. The fourth-order valence-corrected chi connectivity index (χ4v) is 5.24. The molecule has 0 spiro atoms. The van der Waals surface area contributed by atoms with Crippen LogP contribution in [0.1, 0.15) is 98.3 Å². The van der Waals surface area contributed by atoms with E-state index >= 15 is 0 Å². The monoisotopic (exact) mass is 384 g/mol. The first-order valence-corrected chi connectivity index (χ1v) is 11.1. The van der Waals surface area contributed by atoms with Crippen molar-refractivity contribution in [3.05, 3.63) is 0 Å². The molecule has 0 aromatic rings. The molecule has 2 fully saturated rings. The van der Waals surface area contributed by atoms with Crippen molar-refractivity contribution in [2.24, 2.45) is 11.8 Å². The van der Waals surface area contributed by atoms with Crippen molar-refractivity contribution < 1.29 is 24.5 Å². The van der Waals surface area contributed by atoms with Crippen LogP contribution in [0.5, 0.6) is 0 Å². The molecule has 0 heterocycles. The Kier molecular flexibility index (Phi) is 7.99. The van der Waals surface area contributed by atoms with Crippen molar-refractivity contribution in [1.29, 1.82) is 0 Å². The Balaban J connectivity index is 2.08. The first kappa shape index (κ1) is 22.5. The van der Waals surface area contributed by atoms with Gasteiger partial charge >= 0.3 is 6.16 Å². The van der Waals surface area contributed by atoms with E-state index in [1.54, 1.807) is 0 Å². The van der Waals surface area contributed by atoms with Crippen LogP contribution in [0.25, 0.3) is 0 Å². The number of carbonyl (C=O) groups is 1. The molecule has 2 aliphatic rings. The molecular formula is C22H40O5. The van der Waals surface area contributed by atoms with Crippen LogP contribution in [-0.4, -0.2) is 39.8 Å². The summed E-state index contributed by atoms with van der Waals surface area (Å²) in [4.78, 5) is 12.7. The summed E-state index contributed by atoms with van der Waals surface area (Å²) in [7, 11) is 0. The summed E-state index contributed by atoms with van der Waals surface area (Å²) >= 11 is 0. The molecular weight excluding hydrogens is 344 g/mol. The molecule has 5 atom stereocenters. The van der Waals surface area contributed by atoms with E-state index in [1.165, 1.54) is 0 Å². The number of aliphatic hydroxyl groups excluding tert-OH is 1. The molecule has 2 N–H and O–H groups in total. The van der Waals surface area contributed by atoms with Gasteiger partial charge in [-0.2, -0.15) is 0 Å². The van der Waals surface area contributed by atoms with Crippen LogP contribution in [0.15, 0.2) is 0 Å². The van der Waals surface area contributed by atoms with Crippen LogP contribution in [0.3, 0.4) is 0 Å². The molecule has 158 valence electrons. The zero-order valence-corrected chi connectivity index (χ0v) is 17.7. The van der Waals surface area contributed by atoms with Crippen LogP contribution in [0.4, 0.5) is 4.79 Å². The van der Waals surface area contributed by atoms with E-state index in [1.807, 2.05) is 27.7 Å². The van der Waals surface area contributed by atoms with Crippen LogP contribution in [0, 0.1) is 11.8 Å². The molecule has 2 aliphatic carbocycles. The number of ether oxygens (including phenoxy) is 2. The van der Waals surface area contributed by atoms with Crippen LogP contribution < -0.4 is 0 Å². The maximum Gasteiger partial charge on any atom is 0.509 e. The van der Waals surface area contributed by atoms with Crippen LogP contribution in [0.2, 0.25) is 0 Å². The van der Waals surface area contributed by atoms with Crippen molar-refractivity contribution in [3.63, 3.8) is 0 Å². The fourth-order valence-electron chi connectivity index (χ4n) is 5.24. The largest absolute Gasteiger partial charge is 0.509 e. The Morgan fingerprint density at radius 2 is 1.48 bits per heavy atom. The Labute approximate surface area is 164 Å². The summed E-state index contributed by atoms with van der Waals surface area (Å²) in [6.45, 7) is 7.84. The van der Waals surface area contributed by atoms with Gasteiger partial charge in [0.15, 0.2) is 0 Å². The molecule has 0 aromatic heterocycles. The topological polar surface area (TPSA) is 76.0 Å². The third kappa shape index (κ3) is 5.17. The molecule has 0 radical (unpaired) electrons. The van der Waals surface area contributed by atoms with Crippen LogP contribution >= 0.6 is 0 Å². The van der Waals surface area contributed by atoms with Crippen LogP contribution in [-0.2, 0) is 9.47 Å². The Morgan fingerprint density at radius 1 is 0.926 bits per heavy atom.